The van der Waals surface area contributed by atoms with E-state index in [2.05, 4.69) is 0 Å². The second-order valence-corrected chi connectivity index (χ2v) is 4.05. The number of esters is 1. The zero-order chi connectivity index (χ0) is 13.1. The molecule has 0 saturated carbocycles. The van der Waals surface area contributed by atoms with Gasteiger partial charge in [0.15, 0.2) is 5.58 Å². The largest absolute Gasteiger partial charge is 0.466 e. The summed E-state index contributed by atoms with van der Waals surface area (Å²) in [6.45, 7) is 4.31. The van der Waals surface area contributed by atoms with Gasteiger partial charge >= 0.3 is 11.7 Å². The van der Waals surface area contributed by atoms with Gasteiger partial charge in [0.05, 0.1) is 18.5 Å². The first-order valence-electron chi connectivity index (χ1n) is 5.87. The third-order valence-corrected chi connectivity index (χ3v) is 2.67. The smallest absolute Gasteiger partial charge is 0.419 e. The molecule has 0 N–H and O–H groups in total. The molecule has 0 atom stereocenters. The highest BCUT2D eigenvalue weighted by atomic mass is 16.5. The molecule has 0 aliphatic rings. The highest BCUT2D eigenvalue weighted by molar-refractivity contribution is 5.74. The summed E-state index contributed by atoms with van der Waals surface area (Å²) >= 11 is 0. The number of oxazole rings is 1. The molecule has 1 aromatic heterocycles. The summed E-state index contributed by atoms with van der Waals surface area (Å²) in [5.41, 5.74) is 2.28. The number of aromatic nitrogens is 1. The van der Waals surface area contributed by atoms with Crippen molar-refractivity contribution in [2.45, 2.75) is 26.8 Å². The van der Waals surface area contributed by atoms with E-state index in [9.17, 15) is 9.59 Å². The van der Waals surface area contributed by atoms with Gasteiger partial charge in [-0.2, -0.15) is 0 Å². The van der Waals surface area contributed by atoms with Crippen molar-refractivity contribution in [3.63, 3.8) is 0 Å². The molecule has 0 bridgehead atoms. The van der Waals surface area contributed by atoms with Crippen LogP contribution in [0.3, 0.4) is 0 Å². The Labute approximate surface area is 104 Å². The average Bonchev–Trinajstić information content (AvgIpc) is 2.62. The lowest BCUT2D eigenvalue weighted by atomic mass is 10.2. The minimum Gasteiger partial charge on any atom is -0.466 e. The van der Waals surface area contributed by atoms with E-state index < -0.39 is 5.76 Å². The van der Waals surface area contributed by atoms with Gasteiger partial charge in [-0.1, -0.05) is 6.07 Å². The fourth-order valence-corrected chi connectivity index (χ4v) is 1.82. The number of benzene rings is 1. The van der Waals surface area contributed by atoms with Crippen molar-refractivity contribution in [3.8, 4) is 0 Å². The summed E-state index contributed by atoms with van der Waals surface area (Å²) in [6, 6.07) is 5.50. The maximum absolute atomic E-state index is 11.7. The Hall–Kier alpha value is -2.04. The molecule has 1 heterocycles. The van der Waals surface area contributed by atoms with Crippen LogP contribution in [0.4, 0.5) is 0 Å². The van der Waals surface area contributed by atoms with Crippen molar-refractivity contribution in [2.24, 2.45) is 0 Å². The highest BCUT2D eigenvalue weighted by Crippen LogP contribution is 2.14. The summed E-state index contributed by atoms with van der Waals surface area (Å²) < 4.78 is 11.4. The van der Waals surface area contributed by atoms with Crippen LogP contribution in [0.2, 0.25) is 0 Å². The van der Waals surface area contributed by atoms with E-state index >= 15 is 0 Å². The molecule has 5 heteroatoms. The molecule has 5 nitrogen and oxygen atoms in total. The van der Waals surface area contributed by atoms with Gasteiger partial charge in [0.1, 0.15) is 0 Å². The zero-order valence-electron chi connectivity index (χ0n) is 10.4. The van der Waals surface area contributed by atoms with Crippen LogP contribution >= 0.6 is 0 Å². The van der Waals surface area contributed by atoms with Gasteiger partial charge in [0, 0.05) is 6.54 Å². The zero-order valence-corrected chi connectivity index (χ0v) is 10.4. The van der Waals surface area contributed by atoms with Crippen LogP contribution in [0.15, 0.2) is 27.4 Å². The minimum atomic E-state index is -0.445. The Morgan fingerprint density at radius 2 is 2.22 bits per heavy atom. The molecule has 96 valence electrons. The third-order valence-electron chi connectivity index (χ3n) is 2.67. The molecule has 2 aromatic rings. The Bertz CT molecular complexity index is 623. The van der Waals surface area contributed by atoms with E-state index in [1.54, 1.807) is 13.0 Å². The second kappa shape index (κ2) is 5.08. The molecule has 0 amide bonds. The Morgan fingerprint density at radius 3 is 2.94 bits per heavy atom. The van der Waals surface area contributed by atoms with Crippen molar-refractivity contribution in [2.75, 3.05) is 6.61 Å². The molecule has 0 aliphatic heterocycles. The van der Waals surface area contributed by atoms with Gasteiger partial charge < -0.3 is 9.15 Å². The standard InChI is InChI=1S/C13H15NO4/c1-3-17-12(15)6-7-14-10-8-9(2)4-5-11(10)18-13(14)16/h4-5,8H,3,6-7H2,1-2H3. The summed E-state index contributed by atoms with van der Waals surface area (Å²) in [5.74, 6) is -0.758. The third kappa shape index (κ3) is 2.45. The van der Waals surface area contributed by atoms with Crippen molar-refractivity contribution in [1.82, 2.24) is 4.57 Å². The number of fused-ring (bicyclic) bond motifs is 1. The molecule has 2 rings (SSSR count). The number of rotatable bonds is 4. The van der Waals surface area contributed by atoms with Crippen LogP contribution in [0, 0.1) is 6.92 Å². The van der Waals surface area contributed by atoms with Gasteiger partial charge in [-0.3, -0.25) is 9.36 Å². The van der Waals surface area contributed by atoms with Crippen LogP contribution in [-0.2, 0) is 16.1 Å². The van der Waals surface area contributed by atoms with Crippen LogP contribution in [0.25, 0.3) is 11.1 Å². The first-order chi connectivity index (χ1) is 8.61. The topological polar surface area (TPSA) is 61.4 Å². The van der Waals surface area contributed by atoms with Gasteiger partial charge in [0.25, 0.3) is 0 Å². The maximum atomic E-state index is 11.7. The van der Waals surface area contributed by atoms with E-state index in [-0.39, 0.29) is 18.9 Å². The predicted molar refractivity (Wildman–Crippen MR) is 66.5 cm³/mol. The van der Waals surface area contributed by atoms with Crippen molar-refractivity contribution < 1.29 is 13.9 Å². The Balaban J connectivity index is 2.27. The Morgan fingerprint density at radius 1 is 1.44 bits per heavy atom. The monoisotopic (exact) mass is 249 g/mol. The summed E-state index contributed by atoms with van der Waals surface area (Å²) in [7, 11) is 0. The molecule has 18 heavy (non-hydrogen) atoms. The van der Waals surface area contributed by atoms with E-state index in [4.69, 9.17) is 9.15 Å². The first kappa shape index (κ1) is 12.4. The molecule has 1 aromatic carbocycles. The van der Waals surface area contributed by atoms with Gasteiger partial charge in [-0.05, 0) is 31.5 Å². The molecule has 0 saturated heterocycles. The number of nitrogens with zero attached hydrogens (tertiary/aromatic N) is 1. The molecule has 0 spiro atoms. The second-order valence-electron chi connectivity index (χ2n) is 4.05. The predicted octanol–water partition coefficient (Wildman–Crippen LogP) is 1.86. The van der Waals surface area contributed by atoms with E-state index in [0.717, 1.165) is 5.56 Å². The SMILES string of the molecule is CCOC(=O)CCn1c(=O)oc2ccc(C)cc21. The molecular weight excluding hydrogens is 234 g/mol. The Kier molecular flexibility index (Phi) is 3.50. The van der Waals surface area contributed by atoms with Crippen molar-refractivity contribution in [1.29, 1.82) is 0 Å². The van der Waals surface area contributed by atoms with Crippen LogP contribution in [0.5, 0.6) is 0 Å². The lowest BCUT2D eigenvalue weighted by Gasteiger charge is -2.03. The lowest BCUT2D eigenvalue weighted by molar-refractivity contribution is -0.143. The normalized spacial score (nSPS) is 10.8. The molecule has 0 fully saturated rings. The number of carbonyl (C=O) groups excluding carboxylic acids is 1. The van der Waals surface area contributed by atoms with Crippen molar-refractivity contribution in [3.05, 3.63) is 34.3 Å². The number of aryl methyl sites for hydroxylation is 2. The quantitative estimate of drug-likeness (QED) is 0.776. The minimum absolute atomic E-state index is 0.163. The number of carbonyl (C=O) groups is 1. The molecule has 0 radical (unpaired) electrons. The van der Waals surface area contributed by atoms with Gasteiger partial charge in [0.2, 0.25) is 0 Å². The van der Waals surface area contributed by atoms with Gasteiger partial charge in [-0.15, -0.1) is 0 Å². The lowest BCUT2D eigenvalue weighted by Crippen LogP contribution is -2.17. The fraction of sp³-hybridized carbons (Fsp3) is 0.385. The first-order valence-corrected chi connectivity index (χ1v) is 5.87. The number of hydrogen-bond donors (Lipinski definition) is 0. The average molecular weight is 249 g/mol. The maximum Gasteiger partial charge on any atom is 0.419 e. The van der Waals surface area contributed by atoms with E-state index in [1.807, 2.05) is 19.1 Å². The molecule has 0 unspecified atom stereocenters. The van der Waals surface area contributed by atoms with Crippen LogP contribution in [-0.4, -0.2) is 17.1 Å². The number of ether oxygens (including phenoxy) is 1. The highest BCUT2D eigenvalue weighted by Gasteiger charge is 2.11. The van der Waals surface area contributed by atoms with E-state index in [0.29, 0.717) is 17.7 Å². The van der Waals surface area contributed by atoms with Crippen molar-refractivity contribution >= 4 is 17.1 Å². The van der Waals surface area contributed by atoms with Crippen LogP contribution in [0.1, 0.15) is 18.9 Å². The molecular formula is C13H15NO4. The fourth-order valence-electron chi connectivity index (χ4n) is 1.82. The number of hydrogen-bond acceptors (Lipinski definition) is 4. The van der Waals surface area contributed by atoms with Gasteiger partial charge in [-0.25, -0.2) is 4.79 Å². The van der Waals surface area contributed by atoms with E-state index in [1.165, 1.54) is 4.57 Å². The van der Waals surface area contributed by atoms with Crippen LogP contribution < -0.4 is 5.76 Å². The summed E-state index contributed by atoms with van der Waals surface area (Å²) in [5, 5.41) is 0. The summed E-state index contributed by atoms with van der Waals surface area (Å²) in [4.78, 5) is 22.9. The molecule has 0 aliphatic carbocycles. The summed E-state index contributed by atoms with van der Waals surface area (Å²) in [6.07, 6.45) is 0.163.